The molecular formula is C20H18ClN3O3. The number of rotatable bonds is 6. The second-order valence-corrected chi connectivity index (χ2v) is 5.99. The number of benzene rings is 2. The van der Waals surface area contributed by atoms with Crippen LogP contribution in [0.5, 0.6) is 11.5 Å². The minimum atomic E-state index is -0.327. The first kappa shape index (κ1) is 18.5. The summed E-state index contributed by atoms with van der Waals surface area (Å²) in [6, 6.07) is 15.8. The summed E-state index contributed by atoms with van der Waals surface area (Å²) in [6.07, 6.45) is 1.57. The largest absolute Gasteiger partial charge is 0.495 e. The van der Waals surface area contributed by atoms with Gasteiger partial charge in [0.15, 0.2) is 0 Å². The quantitative estimate of drug-likeness (QED) is 0.642. The van der Waals surface area contributed by atoms with Crippen LogP contribution in [-0.4, -0.2) is 25.1 Å². The van der Waals surface area contributed by atoms with Gasteiger partial charge in [0.1, 0.15) is 17.2 Å². The molecule has 0 unspecified atom stereocenters. The molecule has 1 aromatic heterocycles. The van der Waals surface area contributed by atoms with E-state index in [0.717, 1.165) is 0 Å². The number of aromatic nitrogens is 1. The molecule has 2 aromatic carbocycles. The number of amides is 1. The normalized spacial score (nSPS) is 10.2. The third-order valence-corrected chi connectivity index (χ3v) is 4.03. The zero-order chi connectivity index (χ0) is 19.2. The number of hydrogen-bond acceptors (Lipinski definition) is 5. The fraction of sp³-hybridized carbons (Fsp3) is 0.100. The maximum atomic E-state index is 12.4. The summed E-state index contributed by atoms with van der Waals surface area (Å²) in [5, 5.41) is 6.55. The van der Waals surface area contributed by atoms with E-state index in [4.69, 9.17) is 21.1 Å². The fourth-order valence-electron chi connectivity index (χ4n) is 2.47. The summed E-state index contributed by atoms with van der Waals surface area (Å²) in [7, 11) is 3.13. The van der Waals surface area contributed by atoms with Gasteiger partial charge < -0.3 is 20.1 Å². The number of methoxy groups -OCH3 is 2. The van der Waals surface area contributed by atoms with Gasteiger partial charge in [-0.05, 0) is 42.5 Å². The summed E-state index contributed by atoms with van der Waals surface area (Å²) >= 11 is 6.03. The lowest BCUT2D eigenvalue weighted by molar-refractivity contribution is 0.102. The van der Waals surface area contributed by atoms with Gasteiger partial charge in [-0.1, -0.05) is 23.7 Å². The van der Waals surface area contributed by atoms with Gasteiger partial charge in [-0.2, -0.15) is 0 Å². The van der Waals surface area contributed by atoms with Crippen LogP contribution in [-0.2, 0) is 0 Å². The maximum Gasteiger partial charge on any atom is 0.274 e. The van der Waals surface area contributed by atoms with E-state index in [1.807, 2.05) is 12.1 Å². The van der Waals surface area contributed by atoms with Crippen LogP contribution in [0.3, 0.4) is 0 Å². The van der Waals surface area contributed by atoms with E-state index in [-0.39, 0.29) is 11.6 Å². The number of nitrogens with zero attached hydrogens (tertiary/aromatic N) is 1. The number of carbonyl (C=O) groups is 1. The van der Waals surface area contributed by atoms with Crippen LogP contribution >= 0.6 is 11.6 Å². The Morgan fingerprint density at radius 1 is 0.963 bits per heavy atom. The molecule has 0 aliphatic heterocycles. The zero-order valence-electron chi connectivity index (χ0n) is 14.8. The van der Waals surface area contributed by atoms with Crippen molar-refractivity contribution < 1.29 is 14.3 Å². The zero-order valence-corrected chi connectivity index (χ0v) is 15.6. The molecule has 2 N–H and O–H groups in total. The van der Waals surface area contributed by atoms with Crippen molar-refractivity contribution in [1.29, 1.82) is 0 Å². The molecule has 3 rings (SSSR count). The Morgan fingerprint density at radius 2 is 1.70 bits per heavy atom. The van der Waals surface area contributed by atoms with Gasteiger partial charge in [0, 0.05) is 5.02 Å². The Morgan fingerprint density at radius 3 is 2.41 bits per heavy atom. The number of hydrogen-bond donors (Lipinski definition) is 2. The van der Waals surface area contributed by atoms with Crippen molar-refractivity contribution in [2.45, 2.75) is 0 Å². The van der Waals surface area contributed by atoms with Crippen LogP contribution in [0.25, 0.3) is 0 Å². The van der Waals surface area contributed by atoms with Gasteiger partial charge in [0.2, 0.25) is 0 Å². The standard InChI is InChI=1S/C20H18ClN3O3/c1-26-18-6-4-3-5-15(18)24-20(25)16-9-8-14(12-22-16)23-17-11-13(21)7-10-19(17)27-2/h3-12,23H,1-2H3,(H,24,25). The molecular weight excluding hydrogens is 366 g/mol. The molecule has 3 aromatic rings. The number of pyridine rings is 1. The van der Waals surface area contributed by atoms with E-state index < -0.39 is 0 Å². The molecule has 0 fully saturated rings. The minimum Gasteiger partial charge on any atom is -0.495 e. The molecule has 27 heavy (non-hydrogen) atoms. The van der Waals surface area contributed by atoms with Crippen LogP contribution in [0.2, 0.25) is 5.02 Å². The van der Waals surface area contributed by atoms with E-state index in [2.05, 4.69) is 15.6 Å². The average Bonchev–Trinajstić information content (AvgIpc) is 2.69. The lowest BCUT2D eigenvalue weighted by Crippen LogP contribution is -2.14. The van der Waals surface area contributed by atoms with Crippen LogP contribution in [0.15, 0.2) is 60.8 Å². The van der Waals surface area contributed by atoms with E-state index >= 15 is 0 Å². The van der Waals surface area contributed by atoms with E-state index in [9.17, 15) is 4.79 Å². The predicted molar refractivity (Wildman–Crippen MR) is 106 cm³/mol. The first-order valence-electron chi connectivity index (χ1n) is 8.11. The van der Waals surface area contributed by atoms with Crippen molar-refractivity contribution in [3.63, 3.8) is 0 Å². The molecule has 7 heteroatoms. The van der Waals surface area contributed by atoms with E-state index in [0.29, 0.717) is 33.6 Å². The Kier molecular flexibility index (Phi) is 5.78. The Balaban J connectivity index is 1.73. The van der Waals surface area contributed by atoms with Crippen LogP contribution in [0, 0.1) is 0 Å². The summed E-state index contributed by atoms with van der Waals surface area (Å²) < 4.78 is 10.5. The molecule has 0 spiro atoms. The number of para-hydroxylation sites is 2. The molecule has 0 aliphatic rings. The second-order valence-electron chi connectivity index (χ2n) is 5.56. The average molecular weight is 384 g/mol. The highest BCUT2D eigenvalue weighted by Gasteiger charge is 2.11. The maximum absolute atomic E-state index is 12.4. The Bertz CT molecular complexity index is 945. The van der Waals surface area contributed by atoms with Crippen LogP contribution in [0.1, 0.15) is 10.5 Å². The second kappa shape index (κ2) is 8.42. The van der Waals surface area contributed by atoms with Crippen LogP contribution in [0.4, 0.5) is 17.1 Å². The molecule has 0 atom stereocenters. The number of carbonyl (C=O) groups excluding carboxylic acids is 1. The summed E-state index contributed by atoms with van der Waals surface area (Å²) in [6.45, 7) is 0. The van der Waals surface area contributed by atoms with Crippen molar-refractivity contribution in [3.8, 4) is 11.5 Å². The van der Waals surface area contributed by atoms with Crippen LogP contribution < -0.4 is 20.1 Å². The fourth-order valence-corrected chi connectivity index (χ4v) is 2.64. The molecule has 0 bridgehead atoms. The first-order valence-corrected chi connectivity index (χ1v) is 8.49. The van der Waals surface area contributed by atoms with E-state index in [1.54, 1.807) is 62.9 Å². The lowest BCUT2D eigenvalue weighted by atomic mass is 10.2. The topological polar surface area (TPSA) is 72.5 Å². The number of anilines is 3. The minimum absolute atomic E-state index is 0.282. The molecule has 0 radical (unpaired) electrons. The molecule has 1 amide bonds. The lowest BCUT2D eigenvalue weighted by Gasteiger charge is -2.12. The molecule has 138 valence electrons. The highest BCUT2D eigenvalue weighted by atomic mass is 35.5. The highest BCUT2D eigenvalue weighted by molar-refractivity contribution is 6.31. The Hall–Kier alpha value is -3.25. The molecule has 1 heterocycles. The molecule has 0 saturated heterocycles. The number of halogens is 1. The predicted octanol–water partition coefficient (Wildman–Crippen LogP) is 4.75. The molecule has 6 nitrogen and oxygen atoms in total. The number of ether oxygens (including phenoxy) is 2. The summed E-state index contributed by atoms with van der Waals surface area (Å²) in [4.78, 5) is 16.6. The van der Waals surface area contributed by atoms with Gasteiger partial charge in [0.05, 0.1) is 37.5 Å². The van der Waals surface area contributed by atoms with Crippen molar-refractivity contribution in [2.24, 2.45) is 0 Å². The number of nitrogens with one attached hydrogen (secondary N) is 2. The molecule has 0 aliphatic carbocycles. The van der Waals surface area contributed by atoms with E-state index in [1.165, 1.54) is 0 Å². The Labute approximate surface area is 162 Å². The van der Waals surface area contributed by atoms with Gasteiger partial charge in [-0.25, -0.2) is 4.98 Å². The smallest absolute Gasteiger partial charge is 0.274 e. The SMILES string of the molecule is COc1ccccc1NC(=O)c1ccc(Nc2cc(Cl)ccc2OC)cn1. The van der Waals surface area contributed by atoms with Gasteiger partial charge in [-0.15, -0.1) is 0 Å². The van der Waals surface area contributed by atoms with Crippen molar-refractivity contribution in [2.75, 3.05) is 24.9 Å². The third kappa shape index (κ3) is 4.48. The van der Waals surface area contributed by atoms with Gasteiger partial charge in [0.25, 0.3) is 5.91 Å². The monoisotopic (exact) mass is 383 g/mol. The first-order chi connectivity index (χ1) is 13.1. The summed E-state index contributed by atoms with van der Waals surface area (Å²) in [5.74, 6) is 0.904. The summed E-state index contributed by atoms with van der Waals surface area (Å²) in [5.41, 5.74) is 2.27. The van der Waals surface area contributed by atoms with Crippen molar-refractivity contribution in [3.05, 3.63) is 71.5 Å². The highest BCUT2D eigenvalue weighted by Crippen LogP contribution is 2.30. The third-order valence-electron chi connectivity index (χ3n) is 3.79. The van der Waals surface area contributed by atoms with Gasteiger partial charge >= 0.3 is 0 Å². The van der Waals surface area contributed by atoms with Gasteiger partial charge in [-0.3, -0.25) is 4.79 Å². The van der Waals surface area contributed by atoms with Crippen molar-refractivity contribution in [1.82, 2.24) is 4.98 Å². The van der Waals surface area contributed by atoms with Crippen molar-refractivity contribution >= 4 is 34.6 Å². The molecule has 0 saturated carbocycles.